The second kappa shape index (κ2) is 11.3. The zero-order valence-corrected chi connectivity index (χ0v) is 19.2. The molecule has 0 fully saturated rings. The number of primary amides is 1. The number of carbonyl (C=O) groups is 3. The SMILES string of the molecule is COCCNC(=O)[C@H](c1ccc(O)cc1)N(Cc1ccccc1)C(=O)c1snc(C(N)=O)c1N. The maximum atomic E-state index is 13.7. The minimum absolute atomic E-state index is 0.00167. The van der Waals surface area contributed by atoms with Gasteiger partial charge in [0.15, 0.2) is 5.69 Å². The number of ether oxygens (including phenoxy) is 1. The van der Waals surface area contributed by atoms with Gasteiger partial charge in [0.1, 0.15) is 16.7 Å². The van der Waals surface area contributed by atoms with Crippen LogP contribution in [0.25, 0.3) is 0 Å². The lowest BCUT2D eigenvalue weighted by Crippen LogP contribution is -2.44. The molecule has 3 rings (SSSR count). The molecule has 34 heavy (non-hydrogen) atoms. The molecule has 0 radical (unpaired) electrons. The van der Waals surface area contributed by atoms with E-state index in [-0.39, 0.29) is 41.7 Å². The van der Waals surface area contributed by atoms with Crippen molar-refractivity contribution in [3.05, 3.63) is 76.3 Å². The van der Waals surface area contributed by atoms with Crippen molar-refractivity contribution in [3.63, 3.8) is 0 Å². The summed E-state index contributed by atoms with van der Waals surface area (Å²) in [4.78, 5) is 40.0. The fourth-order valence-corrected chi connectivity index (χ4v) is 4.08. The van der Waals surface area contributed by atoms with Gasteiger partial charge in [0.2, 0.25) is 5.91 Å². The normalized spacial score (nSPS) is 11.6. The molecule has 1 atom stereocenters. The van der Waals surface area contributed by atoms with E-state index in [1.54, 1.807) is 12.1 Å². The minimum atomic E-state index is -1.08. The van der Waals surface area contributed by atoms with Crippen LogP contribution in [0.5, 0.6) is 5.75 Å². The second-order valence-corrected chi connectivity index (χ2v) is 8.11. The quantitative estimate of drug-likeness (QED) is 0.319. The van der Waals surface area contributed by atoms with E-state index in [0.29, 0.717) is 5.56 Å². The van der Waals surface area contributed by atoms with Gasteiger partial charge in [-0.05, 0) is 34.8 Å². The van der Waals surface area contributed by atoms with Crippen LogP contribution in [0.1, 0.15) is 37.3 Å². The van der Waals surface area contributed by atoms with Gasteiger partial charge in [0.05, 0.1) is 12.3 Å². The molecule has 11 heteroatoms. The summed E-state index contributed by atoms with van der Waals surface area (Å²) in [7, 11) is 1.51. The predicted molar refractivity (Wildman–Crippen MR) is 127 cm³/mol. The molecule has 2 aromatic carbocycles. The molecule has 3 amide bonds. The fourth-order valence-electron chi connectivity index (χ4n) is 3.32. The highest BCUT2D eigenvalue weighted by molar-refractivity contribution is 7.09. The Hall–Kier alpha value is -3.96. The summed E-state index contributed by atoms with van der Waals surface area (Å²) in [5.74, 6) is -1.88. The lowest BCUT2D eigenvalue weighted by atomic mass is 10.0. The predicted octanol–water partition coefficient (Wildman–Crippen LogP) is 1.68. The second-order valence-electron chi connectivity index (χ2n) is 7.33. The Kier molecular flexibility index (Phi) is 8.17. The third-order valence-electron chi connectivity index (χ3n) is 4.99. The van der Waals surface area contributed by atoms with E-state index < -0.39 is 23.8 Å². The molecule has 0 spiro atoms. The van der Waals surface area contributed by atoms with Crippen molar-refractivity contribution >= 4 is 34.9 Å². The number of anilines is 1. The van der Waals surface area contributed by atoms with Gasteiger partial charge in [0, 0.05) is 20.2 Å². The van der Waals surface area contributed by atoms with Crippen LogP contribution in [0.4, 0.5) is 5.69 Å². The first-order chi connectivity index (χ1) is 16.3. The van der Waals surface area contributed by atoms with E-state index >= 15 is 0 Å². The summed E-state index contributed by atoms with van der Waals surface area (Å²) in [6.45, 7) is 0.572. The van der Waals surface area contributed by atoms with Crippen LogP contribution < -0.4 is 16.8 Å². The van der Waals surface area contributed by atoms with Gasteiger partial charge in [-0.2, -0.15) is 4.37 Å². The number of aromatic nitrogens is 1. The van der Waals surface area contributed by atoms with E-state index in [2.05, 4.69) is 9.69 Å². The third-order valence-corrected chi connectivity index (χ3v) is 5.84. The Labute approximate surface area is 200 Å². The number of methoxy groups -OCH3 is 1. The van der Waals surface area contributed by atoms with Crippen molar-refractivity contribution in [1.82, 2.24) is 14.6 Å². The van der Waals surface area contributed by atoms with Gasteiger partial charge in [-0.1, -0.05) is 42.5 Å². The summed E-state index contributed by atoms with van der Waals surface area (Å²) in [5, 5.41) is 12.5. The molecule has 0 bridgehead atoms. The Balaban J connectivity index is 2.09. The van der Waals surface area contributed by atoms with Crippen LogP contribution in [0.15, 0.2) is 54.6 Å². The number of hydrogen-bond acceptors (Lipinski definition) is 8. The smallest absolute Gasteiger partial charge is 0.270 e. The molecule has 0 saturated heterocycles. The lowest BCUT2D eigenvalue weighted by molar-refractivity contribution is -0.126. The zero-order chi connectivity index (χ0) is 24.7. The maximum Gasteiger partial charge on any atom is 0.270 e. The number of phenolic OH excluding ortho intramolecular Hbond substituents is 1. The van der Waals surface area contributed by atoms with Crippen molar-refractivity contribution in [2.75, 3.05) is 26.0 Å². The number of nitrogen functional groups attached to an aromatic ring is 1. The first-order valence-corrected chi connectivity index (χ1v) is 11.1. The van der Waals surface area contributed by atoms with E-state index in [4.69, 9.17) is 16.2 Å². The Morgan fingerprint density at radius 1 is 1.15 bits per heavy atom. The van der Waals surface area contributed by atoms with Gasteiger partial charge in [-0.15, -0.1) is 0 Å². The van der Waals surface area contributed by atoms with Gasteiger partial charge in [-0.25, -0.2) is 0 Å². The molecule has 6 N–H and O–H groups in total. The highest BCUT2D eigenvalue weighted by atomic mass is 32.1. The highest BCUT2D eigenvalue weighted by Crippen LogP contribution is 2.31. The first kappa shape index (κ1) is 24.7. The number of nitrogens with zero attached hydrogens (tertiary/aromatic N) is 2. The first-order valence-electron chi connectivity index (χ1n) is 10.3. The summed E-state index contributed by atoms with van der Waals surface area (Å²) < 4.78 is 8.93. The number of hydrogen-bond donors (Lipinski definition) is 4. The summed E-state index contributed by atoms with van der Waals surface area (Å²) in [6, 6.07) is 14.0. The number of aromatic hydroxyl groups is 1. The van der Waals surface area contributed by atoms with E-state index in [9.17, 15) is 19.5 Å². The lowest BCUT2D eigenvalue weighted by Gasteiger charge is -2.31. The van der Waals surface area contributed by atoms with E-state index in [0.717, 1.165) is 17.1 Å². The average Bonchev–Trinajstić information content (AvgIpc) is 3.22. The molecular weight excluding hydrogens is 458 g/mol. The van der Waals surface area contributed by atoms with Crippen LogP contribution in [0, 0.1) is 0 Å². The fraction of sp³-hybridized carbons (Fsp3) is 0.217. The number of nitrogens with one attached hydrogen (secondary N) is 1. The Bertz CT molecular complexity index is 1150. The molecule has 0 aliphatic heterocycles. The molecule has 0 unspecified atom stereocenters. The number of phenols is 1. The number of benzene rings is 2. The Morgan fingerprint density at radius 2 is 1.82 bits per heavy atom. The van der Waals surface area contributed by atoms with E-state index in [1.165, 1.54) is 24.1 Å². The zero-order valence-electron chi connectivity index (χ0n) is 18.4. The molecule has 0 aliphatic carbocycles. The number of rotatable bonds is 10. The molecule has 1 aromatic heterocycles. The van der Waals surface area contributed by atoms with Crippen LogP contribution in [-0.4, -0.2) is 52.4 Å². The van der Waals surface area contributed by atoms with Crippen molar-refractivity contribution in [3.8, 4) is 5.75 Å². The van der Waals surface area contributed by atoms with Crippen LogP contribution in [0.2, 0.25) is 0 Å². The molecular formula is C23H25N5O5S. The molecule has 178 valence electrons. The van der Waals surface area contributed by atoms with E-state index in [1.807, 2.05) is 30.3 Å². The number of amides is 3. The van der Waals surface area contributed by atoms with Crippen molar-refractivity contribution < 1.29 is 24.2 Å². The molecule has 10 nitrogen and oxygen atoms in total. The van der Waals surface area contributed by atoms with Crippen molar-refractivity contribution in [1.29, 1.82) is 0 Å². The van der Waals surface area contributed by atoms with Crippen molar-refractivity contribution in [2.24, 2.45) is 5.73 Å². The third kappa shape index (κ3) is 5.69. The summed E-state index contributed by atoms with van der Waals surface area (Å²) in [5.41, 5.74) is 12.2. The average molecular weight is 484 g/mol. The van der Waals surface area contributed by atoms with Gasteiger partial charge in [-0.3, -0.25) is 14.4 Å². The monoisotopic (exact) mass is 483 g/mol. The maximum absolute atomic E-state index is 13.7. The minimum Gasteiger partial charge on any atom is -0.508 e. The largest absolute Gasteiger partial charge is 0.508 e. The highest BCUT2D eigenvalue weighted by Gasteiger charge is 2.34. The standard InChI is InChI=1S/C23H25N5O5S/c1-33-12-11-26-22(31)19(15-7-9-16(29)10-8-15)28(13-14-5-3-2-4-6-14)23(32)20-17(24)18(21(25)30)27-34-20/h2-10,19,29H,11-13,24H2,1H3,(H2,25,30)(H,26,31)/t19-/m0/s1. The van der Waals surface area contributed by atoms with Crippen LogP contribution >= 0.6 is 11.5 Å². The Morgan fingerprint density at radius 3 is 2.41 bits per heavy atom. The number of nitrogens with two attached hydrogens (primary N) is 2. The van der Waals surface area contributed by atoms with Gasteiger partial charge in [0.25, 0.3) is 11.8 Å². The van der Waals surface area contributed by atoms with Gasteiger partial charge >= 0.3 is 0 Å². The topological polar surface area (TPSA) is 161 Å². The van der Waals surface area contributed by atoms with Crippen molar-refractivity contribution in [2.45, 2.75) is 12.6 Å². The van der Waals surface area contributed by atoms with Crippen LogP contribution in [-0.2, 0) is 16.1 Å². The number of carbonyl (C=O) groups excluding carboxylic acids is 3. The molecule has 0 saturated carbocycles. The van der Waals surface area contributed by atoms with Gasteiger partial charge < -0.3 is 31.5 Å². The molecule has 3 aromatic rings. The summed E-state index contributed by atoms with van der Waals surface area (Å²) >= 11 is 0.741. The van der Waals surface area contributed by atoms with Crippen LogP contribution in [0.3, 0.4) is 0 Å². The summed E-state index contributed by atoms with van der Waals surface area (Å²) in [6.07, 6.45) is 0. The molecule has 0 aliphatic rings. The molecule has 1 heterocycles.